The summed E-state index contributed by atoms with van der Waals surface area (Å²) in [4.78, 5) is 49.7. The standard InChI is InChI=1S/C17H30N4O6S/c1-9(14(23)20-11(17(26)27)6-8-28-3)19-15(24)12-5-4-7-21(12)16(25)13(18)10(2)22/h9-13,22H,4-8,18H2,1-3H3,(H,19,24)(H,20,23)(H,26,27). The van der Waals surface area contributed by atoms with E-state index < -0.39 is 54.0 Å². The monoisotopic (exact) mass is 418 g/mol. The van der Waals surface area contributed by atoms with E-state index in [-0.39, 0.29) is 6.42 Å². The summed E-state index contributed by atoms with van der Waals surface area (Å²) in [5.74, 6) is -2.21. The van der Waals surface area contributed by atoms with Gasteiger partial charge < -0.3 is 31.5 Å². The van der Waals surface area contributed by atoms with E-state index in [9.17, 15) is 29.4 Å². The normalized spacial score (nSPS) is 20.8. The number of carboxylic acid groups (broad SMARTS) is 1. The topological polar surface area (TPSA) is 162 Å². The van der Waals surface area contributed by atoms with Crippen molar-refractivity contribution in [1.29, 1.82) is 0 Å². The first kappa shape index (κ1) is 24.2. The summed E-state index contributed by atoms with van der Waals surface area (Å²) in [6.07, 6.45) is 2.08. The Kier molecular flexibility index (Phi) is 9.70. The van der Waals surface area contributed by atoms with E-state index in [1.165, 1.54) is 30.5 Å². The third-order valence-electron chi connectivity index (χ3n) is 4.62. The Balaban J connectivity index is 2.68. The van der Waals surface area contributed by atoms with E-state index >= 15 is 0 Å². The Labute approximate surface area is 168 Å². The molecule has 0 spiro atoms. The summed E-state index contributed by atoms with van der Waals surface area (Å²) in [5.41, 5.74) is 5.68. The van der Waals surface area contributed by atoms with Crippen molar-refractivity contribution in [3.05, 3.63) is 0 Å². The van der Waals surface area contributed by atoms with Crippen molar-refractivity contribution in [3.63, 3.8) is 0 Å². The van der Waals surface area contributed by atoms with Gasteiger partial charge in [0.1, 0.15) is 24.2 Å². The van der Waals surface area contributed by atoms with Crippen molar-refractivity contribution >= 4 is 35.5 Å². The molecule has 1 aliphatic rings. The fourth-order valence-corrected chi connectivity index (χ4v) is 3.34. The molecule has 10 nitrogen and oxygen atoms in total. The molecule has 0 aromatic heterocycles. The maximum absolute atomic E-state index is 12.6. The molecule has 0 saturated carbocycles. The van der Waals surface area contributed by atoms with Gasteiger partial charge in [-0.15, -0.1) is 0 Å². The Morgan fingerprint density at radius 3 is 2.43 bits per heavy atom. The molecule has 0 aromatic carbocycles. The molecule has 0 aliphatic carbocycles. The highest BCUT2D eigenvalue weighted by molar-refractivity contribution is 7.98. The van der Waals surface area contributed by atoms with Crippen molar-refractivity contribution in [2.24, 2.45) is 5.73 Å². The van der Waals surface area contributed by atoms with E-state index in [2.05, 4.69) is 10.6 Å². The van der Waals surface area contributed by atoms with E-state index in [0.29, 0.717) is 25.1 Å². The lowest BCUT2D eigenvalue weighted by Gasteiger charge is -2.28. The Hall–Kier alpha value is -1.85. The molecule has 0 bridgehead atoms. The van der Waals surface area contributed by atoms with Gasteiger partial charge in [0.25, 0.3) is 0 Å². The zero-order chi connectivity index (χ0) is 21.4. The van der Waals surface area contributed by atoms with Crippen LogP contribution in [0.3, 0.4) is 0 Å². The number of rotatable bonds is 10. The van der Waals surface area contributed by atoms with Gasteiger partial charge in [0, 0.05) is 6.54 Å². The van der Waals surface area contributed by atoms with Crippen LogP contribution in [0.15, 0.2) is 0 Å². The van der Waals surface area contributed by atoms with Crippen LogP contribution < -0.4 is 16.4 Å². The summed E-state index contributed by atoms with van der Waals surface area (Å²) in [7, 11) is 0. The van der Waals surface area contributed by atoms with Crippen molar-refractivity contribution in [2.75, 3.05) is 18.6 Å². The first-order valence-corrected chi connectivity index (χ1v) is 10.6. The average Bonchev–Trinajstić information content (AvgIpc) is 3.12. The van der Waals surface area contributed by atoms with Gasteiger partial charge in [0.15, 0.2) is 0 Å². The number of aliphatic hydroxyl groups excluding tert-OH is 1. The van der Waals surface area contributed by atoms with E-state index in [4.69, 9.17) is 5.73 Å². The number of nitrogens with two attached hydrogens (primary N) is 1. The van der Waals surface area contributed by atoms with Crippen LogP contribution in [0.4, 0.5) is 0 Å². The Bertz CT molecular complexity index is 588. The predicted molar refractivity (Wildman–Crippen MR) is 105 cm³/mol. The van der Waals surface area contributed by atoms with Crippen molar-refractivity contribution in [2.45, 2.75) is 63.4 Å². The molecular weight excluding hydrogens is 388 g/mol. The van der Waals surface area contributed by atoms with Crippen molar-refractivity contribution < 1.29 is 29.4 Å². The summed E-state index contributed by atoms with van der Waals surface area (Å²) < 4.78 is 0. The van der Waals surface area contributed by atoms with Gasteiger partial charge in [-0.25, -0.2) is 4.79 Å². The number of amides is 3. The zero-order valence-electron chi connectivity index (χ0n) is 16.4. The third kappa shape index (κ3) is 6.64. The van der Waals surface area contributed by atoms with Crippen LogP contribution in [0.1, 0.15) is 33.1 Å². The lowest BCUT2D eigenvalue weighted by molar-refractivity contribution is -0.143. The van der Waals surface area contributed by atoms with E-state index in [0.717, 1.165) is 0 Å². The number of aliphatic hydroxyl groups is 1. The summed E-state index contributed by atoms with van der Waals surface area (Å²) in [6.45, 7) is 3.19. The van der Waals surface area contributed by atoms with Gasteiger partial charge in [-0.3, -0.25) is 14.4 Å². The molecule has 6 N–H and O–H groups in total. The molecule has 1 fully saturated rings. The van der Waals surface area contributed by atoms with Crippen LogP contribution in [-0.2, 0) is 19.2 Å². The second-order valence-corrected chi connectivity index (χ2v) is 7.85. The van der Waals surface area contributed by atoms with E-state index in [1.54, 1.807) is 0 Å². The summed E-state index contributed by atoms with van der Waals surface area (Å²) >= 11 is 1.47. The van der Waals surface area contributed by atoms with Crippen LogP contribution in [0.2, 0.25) is 0 Å². The van der Waals surface area contributed by atoms with Gasteiger partial charge in [-0.1, -0.05) is 0 Å². The van der Waals surface area contributed by atoms with Crippen LogP contribution in [0.25, 0.3) is 0 Å². The van der Waals surface area contributed by atoms with Gasteiger partial charge >= 0.3 is 5.97 Å². The first-order chi connectivity index (χ1) is 13.1. The molecule has 1 rings (SSSR count). The number of nitrogens with zero attached hydrogens (tertiary/aromatic N) is 1. The number of aliphatic carboxylic acids is 1. The quantitative estimate of drug-likeness (QED) is 0.287. The number of thioether (sulfide) groups is 1. The largest absolute Gasteiger partial charge is 0.480 e. The summed E-state index contributed by atoms with van der Waals surface area (Å²) in [5, 5.41) is 23.6. The number of hydrogen-bond acceptors (Lipinski definition) is 7. The minimum Gasteiger partial charge on any atom is -0.480 e. The number of nitrogens with one attached hydrogen (secondary N) is 2. The number of carbonyl (C=O) groups excluding carboxylic acids is 3. The highest BCUT2D eigenvalue weighted by atomic mass is 32.2. The Morgan fingerprint density at radius 1 is 1.25 bits per heavy atom. The fraction of sp³-hybridized carbons (Fsp3) is 0.765. The van der Waals surface area contributed by atoms with Crippen LogP contribution in [0.5, 0.6) is 0 Å². The van der Waals surface area contributed by atoms with Crippen molar-refractivity contribution in [3.8, 4) is 0 Å². The molecule has 160 valence electrons. The number of likely N-dealkylation sites (tertiary alicyclic amines) is 1. The Morgan fingerprint density at radius 2 is 1.89 bits per heavy atom. The number of carboxylic acids is 1. The number of carbonyl (C=O) groups is 4. The van der Waals surface area contributed by atoms with Gasteiger partial charge in [0.05, 0.1) is 6.10 Å². The average molecular weight is 419 g/mol. The second kappa shape index (κ2) is 11.2. The minimum absolute atomic E-state index is 0.269. The van der Waals surface area contributed by atoms with Crippen LogP contribution in [0, 0.1) is 0 Å². The minimum atomic E-state index is -1.14. The van der Waals surface area contributed by atoms with Crippen LogP contribution >= 0.6 is 11.8 Å². The lowest BCUT2D eigenvalue weighted by Crippen LogP contribution is -2.57. The fourth-order valence-electron chi connectivity index (χ4n) is 2.87. The van der Waals surface area contributed by atoms with Gasteiger partial charge in [-0.05, 0) is 45.1 Å². The highest BCUT2D eigenvalue weighted by Gasteiger charge is 2.38. The molecule has 3 amide bonds. The zero-order valence-corrected chi connectivity index (χ0v) is 17.2. The molecule has 11 heteroatoms. The first-order valence-electron chi connectivity index (χ1n) is 9.16. The number of hydrogen-bond donors (Lipinski definition) is 5. The molecule has 1 heterocycles. The molecule has 0 radical (unpaired) electrons. The molecule has 5 unspecified atom stereocenters. The van der Waals surface area contributed by atoms with Gasteiger partial charge in [-0.2, -0.15) is 11.8 Å². The molecule has 0 aromatic rings. The molecule has 5 atom stereocenters. The van der Waals surface area contributed by atoms with Crippen molar-refractivity contribution in [1.82, 2.24) is 15.5 Å². The third-order valence-corrected chi connectivity index (χ3v) is 5.26. The summed E-state index contributed by atoms with van der Waals surface area (Å²) in [6, 6.07) is -3.90. The van der Waals surface area contributed by atoms with Gasteiger partial charge in [0.2, 0.25) is 17.7 Å². The SMILES string of the molecule is CSCCC(NC(=O)C(C)NC(=O)C1CCCN1C(=O)C(N)C(C)O)C(=O)O. The second-order valence-electron chi connectivity index (χ2n) is 6.87. The predicted octanol–water partition coefficient (Wildman–Crippen LogP) is -1.49. The molecule has 1 saturated heterocycles. The van der Waals surface area contributed by atoms with Crippen LogP contribution in [-0.4, -0.2) is 87.6 Å². The maximum Gasteiger partial charge on any atom is 0.326 e. The highest BCUT2D eigenvalue weighted by Crippen LogP contribution is 2.19. The molecule has 1 aliphatic heterocycles. The molecule has 28 heavy (non-hydrogen) atoms. The molecular formula is C17H30N4O6S. The lowest BCUT2D eigenvalue weighted by atomic mass is 10.1. The smallest absolute Gasteiger partial charge is 0.326 e. The maximum atomic E-state index is 12.6. The van der Waals surface area contributed by atoms with E-state index in [1.807, 2.05) is 6.26 Å².